The topological polar surface area (TPSA) is 66.8 Å². The van der Waals surface area contributed by atoms with Crippen LogP contribution < -0.4 is 4.74 Å². The second kappa shape index (κ2) is 7.69. The summed E-state index contributed by atoms with van der Waals surface area (Å²) in [5, 5.41) is 9.71. The van der Waals surface area contributed by atoms with Crippen molar-refractivity contribution in [3.63, 3.8) is 0 Å². The summed E-state index contributed by atoms with van der Waals surface area (Å²) >= 11 is 0. The van der Waals surface area contributed by atoms with Gasteiger partial charge in [0.25, 0.3) is 0 Å². The number of ether oxygens (including phenoxy) is 1. The maximum absolute atomic E-state index is 12.7. The third-order valence-corrected chi connectivity index (χ3v) is 5.26. The fourth-order valence-electron chi connectivity index (χ4n) is 3.52. The summed E-state index contributed by atoms with van der Waals surface area (Å²) in [6.45, 7) is 1.99. The second-order valence-electron chi connectivity index (χ2n) is 6.73. The van der Waals surface area contributed by atoms with Crippen LogP contribution in [0.2, 0.25) is 0 Å². The number of rotatable bonds is 6. The number of carbonyl (C=O) groups excluding carboxylic acids is 1. The van der Waals surface area contributed by atoms with Crippen LogP contribution in [0, 0.1) is 0 Å². The molecule has 0 aromatic heterocycles. The van der Waals surface area contributed by atoms with E-state index in [2.05, 4.69) is 0 Å². The van der Waals surface area contributed by atoms with Crippen molar-refractivity contribution in [2.45, 2.75) is 56.9 Å². The van der Waals surface area contributed by atoms with E-state index in [0.29, 0.717) is 19.3 Å². The first-order chi connectivity index (χ1) is 11.4. The van der Waals surface area contributed by atoms with E-state index >= 15 is 0 Å². The van der Waals surface area contributed by atoms with Gasteiger partial charge in [0.05, 0.1) is 7.11 Å². The molecule has 1 aliphatic carbocycles. The summed E-state index contributed by atoms with van der Waals surface area (Å²) in [4.78, 5) is 26.0. The van der Waals surface area contributed by atoms with Gasteiger partial charge in [0.15, 0.2) is 0 Å². The summed E-state index contributed by atoms with van der Waals surface area (Å²) < 4.78 is 5.15. The Hall–Kier alpha value is -2.04. The van der Waals surface area contributed by atoms with Gasteiger partial charge in [-0.25, -0.2) is 4.79 Å². The van der Waals surface area contributed by atoms with E-state index < -0.39 is 11.5 Å². The van der Waals surface area contributed by atoms with Crippen LogP contribution >= 0.6 is 0 Å². The van der Waals surface area contributed by atoms with E-state index in [1.807, 2.05) is 31.2 Å². The van der Waals surface area contributed by atoms with E-state index in [0.717, 1.165) is 30.6 Å². The average Bonchev–Trinajstić information content (AvgIpc) is 2.61. The molecule has 1 amide bonds. The molecule has 1 unspecified atom stereocenters. The van der Waals surface area contributed by atoms with Crippen LogP contribution in [0.25, 0.3) is 0 Å². The smallest absolute Gasteiger partial charge is 0.329 e. The van der Waals surface area contributed by atoms with Gasteiger partial charge in [0.1, 0.15) is 11.3 Å². The summed E-state index contributed by atoms with van der Waals surface area (Å²) in [7, 11) is 3.26. The zero-order valence-electron chi connectivity index (χ0n) is 14.7. The van der Waals surface area contributed by atoms with Gasteiger partial charge in [0.2, 0.25) is 5.91 Å². The third-order valence-electron chi connectivity index (χ3n) is 5.26. The predicted molar refractivity (Wildman–Crippen MR) is 92.2 cm³/mol. The molecule has 1 saturated carbocycles. The molecule has 0 aliphatic heterocycles. The molecule has 1 aromatic carbocycles. The maximum atomic E-state index is 12.7. The number of aliphatic carboxylic acids is 1. The average molecular weight is 333 g/mol. The number of methoxy groups -OCH3 is 1. The monoisotopic (exact) mass is 333 g/mol. The molecule has 24 heavy (non-hydrogen) atoms. The van der Waals surface area contributed by atoms with Crippen molar-refractivity contribution in [3.8, 4) is 5.75 Å². The molecule has 132 valence electrons. The molecule has 1 atom stereocenters. The number of benzene rings is 1. The van der Waals surface area contributed by atoms with Crippen LogP contribution in [0.5, 0.6) is 5.75 Å². The van der Waals surface area contributed by atoms with Crippen molar-refractivity contribution in [1.82, 2.24) is 4.90 Å². The highest BCUT2D eigenvalue weighted by Crippen LogP contribution is 2.34. The van der Waals surface area contributed by atoms with Gasteiger partial charge in [-0.15, -0.1) is 0 Å². The zero-order chi connectivity index (χ0) is 17.7. The van der Waals surface area contributed by atoms with Crippen LogP contribution in [0.4, 0.5) is 0 Å². The Balaban J connectivity index is 2.07. The second-order valence-corrected chi connectivity index (χ2v) is 6.73. The molecular weight excluding hydrogens is 306 g/mol. The minimum atomic E-state index is -1.03. The Morgan fingerprint density at radius 2 is 1.79 bits per heavy atom. The number of amides is 1. The summed E-state index contributed by atoms with van der Waals surface area (Å²) in [5.74, 6) is -0.181. The van der Waals surface area contributed by atoms with Gasteiger partial charge in [-0.2, -0.15) is 0 Å². The van der Waals surface area contributed by atoms with Crippen molar-refractivity contribution >= 4 is 11.9 Å². The van der Waals surface area contributed by atoms with Crippen LogP contribution in [0.1, 0.15) is 56.9 Å². The largest absolute Gasteiger partial charge is 0.497 e. The predicted octanol–water partition coefficient (Wildman–Crippen LogP) is 3.43. The molecule has 1 fully saturated rings. The van der Waals surface area contributed by atoms with E-state index in [-0.39, 0.29) is 11.8 Å². The Bertz CT molecular complexity index is 576. The van der Waals surface area contributed by atoms with E-state index in [4.69, 9.17) is 4.74 Å². The molecule has 1 aromatic rings. The SMILES string of the molecule is COc1ccc(C(C)CC(=O)N(C)C2(C(=O)O)CCCCC2)cc1. The first-order valence-corrected chi connectivity index (χ1v) is 8.54. The lowest BCUT2D eigenvalue weighted by atomic mass is 9.80. The molecular formula is C19H27NO4. The molecule has 5 nitrogen and oxygen atoms in total. The Morgan fingerprint density at radius 1 is 1.21 bits per heavy atom. The van der Waals surface area contributed by atoms with E-state index in [9.17, 15) is 14.7 Å². The summed E-state index contributed by atoms with van der Waals surface area (Å²) in [6, 6.07) is 7.65. The van der Waals surface area contributed by atoms with Gasteiger partial charge in [-0.3, -0.25) is 4.79 Å². The molecule has 0 saturated heterocycles. The lowest BCUT2D eigenvalue weighted by Crippen LogP contribution is -2.56. The molecule has 0 heterocycles. The van der Waals surface area contributed by atoms with Gasteiger partial charge in [-0.05, 0) is 36.5 Å². The van der Waals surface area contributed by atoms with Crippen LogP contribution in [-0.4, -0.2) is 41.6 Å². The molecule has 2 rings (SSSR count). The Labute approximate surface area is 143 Å². The maximum Gasteiger partial charge on any atom is 0.329 e. The van der Waals surface area contributed by atoms with Crippen molar-refractivity contribution in [2.75, 3.05) is 14.2 Å². The number of nitrogens with zero attached hydrogens (tertiary/aromatic N) is 1. The molecule has 0 spiro atoms. The van der Waals surface area contributed by atoms with Crippen molar-refractivity contribution in [1.29, 1.82) is 0 Å². The molecule has 5 heteroatoms. The van der Waals surface area contributed by atoms with Crippen LogP contribution in [-0.2, 0) is 9.59 Å². The standard InChI is InChI=1S/C19H27NO4/c1-14(15-7-9-16(24-3)10-8-15)13-17(21)20(2)19(18(22)23)11-5-4-6-12-19/h7-10,14H,4-6,11-13H2,1-3H3,(H,22,23). The number of carboxylic acid groups (broad SMARTS) is 1. The van der Waals surface area contributed by atoms with Gasteiger partial charge in [-0.1, -0.05) is 38.3 Å². The number of likely N-dealkylation sites (N-methyl/N-ethyl adjacent to an activating group) is 1. The first-order valence-electron chi connectivity index (χ1n) is 8.54. The fraction of sp³-hybridized carbons (Fsp3) is 0.579. The van der Waals surface area contributed by atoms with Gasteiger partial charge >= 0.3 is 5.97 Å². The van der Waals surface area contributed by atoms with Crippen molar-refractivity contribution < 1.29 is 19.4 Å². The third kappa shape index (κ3) is 3.71. The normalized spacial score (nSPS) is 17.8. The molecule has 1 aliphatic rings. The van der Waals surface area contributed by atoms with E-state index in [1.165, 1.54) is 4.90 Å². The number of carbonyl (C=O) groups is 2. The molecule has 1 N–H and O–H groups in total. The number of hydrogen-bond donors (Lipinski definition) is 1. The first kappa shape index (κ1) is 18.3. The minimum Gasteiger partial charge on any atom is -0.497 e. The lowest BCUT2D eigenvalue weighted by molar-refractivity contribution is -0.160. The van der Waals surface area contributed by atoms with Gasteiger partial charge in [0, 0.05) is 13.5 Å². The highest BCUT2D eigenvalue weighted by atomic mass is 16.5. The summed E-state index contributed by atoms with van der Waals surface area (Å²) in [5.41, 5.74) is 0.0140. The number of hydrogen-bond acceptors (Lipinski definition) is 3. The number of carboxylic acids is 1. The van der Waals surface area contributed by atoms with Crippen LogP contribution in [0.3, 0.4) is 0 Å². The summed E-state index contributed by atoms with van der Waals surface area (Å²) in [6.07, 6.45) is 4.15. The Kier molecular flexibility index (Phi) is 5.86. The molecule has 0 bridgehead atoms. The van der Waals surface area contributed by atoms with Crippen molar-refractivity contribution in [3.05, 3.63) is 29.8 Å². The minimum absolute atomic E-state index is 0.0280. The lowest BCUT2D eigenvalue weighted by Gasteiger charge is -2.41. The van der Waals surface area contributed by atoms with Crippen molar-refractivity contribution in [2.24, 2.45) is 0 Å². The quantitative estimate of drug-likeness (QED) is 0.866. The highest BCUT2D eigenvalue weighted by molar-refractivity contribution is 5.87. The van der Waals surface area contributed by atoms with E-state index in [1.54, 1.807) is 14.2 Å². The van der Waals surface area contributed by atoms with Crippen LogP contribution in [0.15, 0.2) is 24.3 Å². The molecule has 0 radical (unpaired) electrons. The fourth-order valence-corrected chi connectivity index (χ4v) is 3.52. The highest BCUT2D eigenvalue weighted by Gasteiger charge is 2.45. The zero-order valence-corrected chi connectivity index (χ0v) is 14.7. The van der Waals surface area contributed by atoms with Gasteiger partial charge < -0.3 is 14.7 Å². The Morgan fingerprint density at radius 3 is 2.29 bits per heavy atom.